The quantitative estimate of drug-likeness (QED) is 0.420. The van der Waals surface area contributed by atoms with Crippen LogP contribution in [0.25, 0.3) is 11.1 Å². The number of cyclic esters (lactones) is 1. The minimum absolute atomic E-state index is 0.464. The van der Waals surface area contributed by atoms with Crippen LogP contribution < -0.4 is 14.8 Å². The maximum atomic E-state index is 11.8. The van der Waals surface area contributed by atoms with E-state index in [1.807, 2.05) is 24.3 Å². The first-order valence-electron chi connectivity index (χ1n) is 11.2. The average molecular weight is 446 g/mol. The van der Waals surface area contributed by atoms with Crippen molar-refractivity contribution >= 4 is 12.0 Å². The van der Waals surface area contributed by atoms with Crippen LogP contribution in [0.3, 0.4) is 0 Å². The highest BCUT2D eigenvalue weighted by atomic mass is 16.6. The minimum atomic E-state index is -0.930. The lowest BCUT2D eigenvalue weighted by molar-refractivity contribution is -0.123. The van der Waals surface area contributed by atoms with Gasteiger partial charge < -0.3 is 14.2 Å². The molecule has 0 spiro atoms. The molecular formula is C27H27NO5. The van der Waals surface area contributed by atoms with Crippen molar-refractivity contribution in [2.45, 2.75) is 32.3 Å². The molecule has 0 aliphatic carbocycles. The molecule has 33 heavy (non-hydrogen) atoms. The summed E-state index contributed by atoms with van der Waals surface area (Å²) in [6.45, 7) is 3.16. The lowest BCUT2D eigenvalue weighted by atomic mass is 10.0. The van der Waals surface area contributed by atoms with Gasteiger partial charge in [-0.05, 0) is 47.4 Å². The highest BCUT2D eigenvalue weighted by Crippen LogP contribution is 2.28. The summed E-state index contributed by atoms with van der Waals surface area (Å²) in [4.78, 5) is 23.0. The lowest BCUT2D eigenvalue weighted by Crippen LogP contribution is -2.20. The molecule has 6 heteroatoms. The highest BCUT2D eigenvalue weighted by Gasteiger charge is 2.33. The second-order valence-electron chi connectivity index (χ2n) is 7.84. The van der Waals surface area contributed by atoms with Gasteiger partial charge in [-0.3, -0.25) is 10.1 Å². The van der Waals surface area contributed by atoms with Gasteiger partial charge in [0, 0.05) is 12.0 Å². The van der Waals surface area contributed by atoms with E-state index in [-0.39, 0.29) is 0 Å². The molecule has 170 valence electrons. The van der Waals surface area contributed by atoms with E-state index in [0.29, 0.717) is 30.9 Å². The fourth-order valence-electron chi connectivity index (χ4n) is 3.77. The van der Waals surface area contributed by atoms with E-state index in [1.165, 1.54) is 16.7 Å². The van der Waals surface area contributed by atoms with Crippen LogP contribution in [0.15, 0.2) is 72.8 Å². The van der Waals surface area contributed by atoms with E-state index < -0.39 is 18.1 Å². The van der Waals surface area contributed by atoms with E-state index in [0.717, 1.165) is 18.6 Å². The number of hydrogen-bond acceptors (Lipinski definition) is 5. The molecular weight excluding hydrogens is 418 g/mol. The number of rotatable bonds is 10. The molecule has 3 aromatic carbocycles. The normalized spacial score (nSPS) is 15.1. The first-order valence-corrected chi connectivity index (χ1v) is 11.2. The van der Waals surface area contributed by atoms with Gasteiger partial charge in [0.25, 0.3) is 5.91 Å². The molecule has 1 N–H and O–H groups in total. The number of carbonyl (C=O) groups is 2. The molecule has 6 nitrogen and oxygen atoms in total. The third-order valence-corrected chi connectivity index (χ3v) is 5.35. The van der Waals surface area contributed by atoms with Crippen LogP contribution in [0.2, 0.25) is 0 Å². The zero-order valence-corrected chi connectivity index (χ0v) is 18.6. The monoisotopic (exact) mass is 445 g/mol. The zero-order valence-electron chi connectivity index (χ0n) is 18.6. The fourth-order valence-corrected chi connectivity index (χ4v) is 3.77. The van der Waals surface area contributed by atoms with Gasteiger partial charge in [-0.2, -0.15) is 0 Å². The van der Waals surface area contributed by atoms with E-state index >= 15 is 0 Å². The van der Waals surface area contributed by atoms with Gasteiger partial charge in [0.05, 0.1) is 13.2 Å². The maximum absolute atomic E-state index is 11.8. The summed E-state index contributed by atoms with van der Waals surface area (Å²) < 4.78 is 16.9. The molecule has 0 radical (unpaired) electrons. The number of imide groups is 1. The van der Waals surface area contributed by atoms with E-state index in [2.05, 4.69) is 36.5 Å². The Hall–Kier alpha value is -3.80. The maximum Gasteiger partial charge on any atom is 0.415 e. The van der Waals surface area contributed by atoms with Gasteiger partial charge >= 0.3 is 6.09 Å². The fraction of sp³-hybridized carbons (Fsp3) is 0.259. The minimum Gasteiger partial charge on any atom is -0.493 e. The van der Waals surface area contributed by atoms with Crippen LogP contribution >= 0.6 is 0 Å². The number of benzene rings is 3. The van der Waals surface area contributed by atoms with Crippen molar-refractivity contribution < 1.29 is 23.8 Å². The molecule has 0 unspecified atom stereocenters. The van der Waals surface area contributed by atoms with Crippen molar-refractivity contribution in [2.24, 2.45) is 0 Å². The van der Waals surface area contributed by atoms with E-state index in [1.54, 1.807) is 24.3 Å². The van der Waals surface area contributed by atoms with Gasteiger partial charge in [0.1, 0.15) is 11.5 Å². The van der Waals surface area contributed by atoms with Crippen LogP contribution in [0.5, 0.6) is 11.5 Å². The van der Waals surface area contributed by atoms with Crippen LogP contribution in [-0.2, 0) is 16.0 Å². The number of alkyl carbamates (subject to hydrolysis) is 1. The molecule has 1 saturated heterocycles. The molecule has 0 saturated carbocycles. The number of amides is 2. The molecule has 3 aromatic rings. The lowest BCUT2D eigenvalue weighted by Gasteiger charge is -2.14. The second-order valence-corrected chi connectivity index (χ2v) is 7.84. The first kappa shape index (κ1) is 22.4. The molecule has 0 aromatic heterocycles. The van der Waals surface area contributed by atoms with E-state index in [4.69, 9.17) is 14.2 Å². The van der Waals surface area contributed by atoms with Crippen molar-refractivity contribution in [3.63, 3.8) is 0 Å². The zero-order chi connectivity index (χ0) is 23.0. The number of nitrogens with one attached hydrogen (secondary N) is 1. The molecule has 1 atom stereocenters. The van der Waals surface area contributed by atoms with Crippen molar-refractivity contribution in [2.75, 3.05) is 13.2 Å². The summed E-state index contributed by atoms with van der Waals surface area (Å²) in [6, 6.07) is 23.7. The Balaban J connectivity index is 1.30. The van der Waals surface area contributed by atoms with Crippen molar-refractivity contribution in [3.8, 4) is 22.6 Å². The van der Waals surface area contributed by atoms with Crippen molar-refractivity contribution in [1.82, 2.24) is 5.32 Å². The van der Waals surface area contributed by atoms with Crippen LogP contribution in [0, 0.1) is 0 Å². The number of carbonyl (C=O) groups excluding carboxylic acids is 2. The number of hydrogen-bond donors (Lipinski definition) is 1. The van der Waals surface area contributed by atoms with Gasteiger partial charge in [0.15, 0.2) is 0 Å². The Morgan fingerprint density at radius 2 is 1.70 bits per heavy atom. The van der Waals surface area contributed by atoms with Crippen LogP contribution in [0.1, 0.15) is 37.0 Å². The highest BCUT2D eigenvalue weighted by molar-refractivity contribution is 6.00. The topological polar surface area (TPSA) is 73.9 Å². The Morgan fingerprint density at radius 1 is 0.879 bits per heavy atom. The molecule has 1 aliphatic heterocycles. The third-order valence-electron chi connectivity index (χ3n) is 5.35. The predicted molar refractivity (Wildman–Crippen MR) is 125 cm³/mol. The summed E-state index contributed by atoms with van der Waals surface area (Å²) in [5, 5.41) is 2.13. The van der Waals surface area contributed by atoms with Crippen molar-refractivity contribution in [1.29, 1.82) is 0 Å². The number of aryl methyl sites for hydroxylation is 1. The second kappa shape index (κ2) is 10.7. The van der Waals surface area contributed by atoms with Gasteiger partial charge in [-0.25, -0.2) is 4.79 Å². The molecule has 4 rings (SSSR count). The summed E-state index contributed by atoms with van der Waals surface area (Å²) in [5.74, 6) is 1.06. The standard InChI is InChI=1S/C27H27NO5/c1-2-8-21-17-20(19-9-4-3-5-10-19)13-14-24(21)32-16-7-15-31-23-12-6-11-22(18-23)25-26(29)28-27(30)33-25/h3-6,9-14,17-18,25H,2,7-8,15-16H2,1H3,(H,28,29,30)/t25-/m1/s1. The average Bonchev–Trinajstić information content (AvgIpc) is 3.18. The Kier molecular flexibility index (Phi) is 7.25. The third kappa shape index (κ3) is 5.71. The SMILES string of the molecule is CCCc1cc(-c2ccccc2)ccc1OCCCOc1cccc([C@H]2OC(=O)NC2=O)c1. The Morgan fingerprint density at radius 3 is 2.45 bits per heavy atom. The molecule has 2 amide bonds. The van der Waals surface area contributed by atoms with Gasteiger partial charge in [-0.15, -0.1) is 0 Å². The predicted octanol–water partition coefficient (Wildman–Crippen LogP) is 5.46. The molecule has 1 fully saturated rings. The first-order chi connectivity index (χ1) is 16.1. The summed E-state index contributed by atoms with van der Waals surface area (Å²) in [6.07, 6.45) is 1.05. The molecule has 1 heterocycles. The van der Waals surface area contributed by atoms with Gasteiger partial charge in [0.2, 0.25) is 6.10 Å². The number of ether oxygens (including phenoxy) is 3. The summed E-state index contributed by atoms with van der Waals surface area (Å²) in [7, 11) is 0. The summed E-state index contributed by atoms with van der Waals surface area (Å²) >= 11 is 0. The van der Waals surface area contributed by atoms with Crippen molar-refractivity contribution in [3.05, 3.63) is 83.9 Å². The molecule has 0 bridgehead atoms. The Labute approximate surface area is 193 Å². The summed E-state index contributed by atoms with van der Waals surface area (Å²) in [5.41, 5.74) is 4.17. The van der Waals surface area contributed by atoms with Crippen LogP contribution in [0.4, 0.5) is 4.79 Å². The Bertz CT molecular complexity index is 1110. The van der Waals surface area contributed by atoms with Crippen LogP contribution in [-0.4, -0.2) is 25.2 Å². The smallest absolute Gasteiger partial charge is 0.415 e. The largest absolute Gasteiger partial charge is 0.493 e. The van der Waals surface area contributed by atoms with Gasteiger partial charge in [-0.1, -0.05) is 61.9 Å². The van der Waals surface area contributed by atoms with E-state index in [9.17, 15) is 9.59 Å². The molecule has 1 aliphatic rings.